The number of ether oxygens (including phenoxy) is 2. The number of benzene rings is 3. The lowest BCUT2D eigenvalue weighted by atomic mass is 9.81. The van der Waals surface area contributed by atoms with Gasteiger partial charge in [0.2, 0.25) is 27.7 Å². The van der Waals surface area contributed by atoms with Gasteiger partial charge in [0, 0.05) is 43.2 Å². The zero-order valence-electron chi connectivity index (χ0n) is 32.2. The summed E-state index contributed by atoms with van der Waals surface area (Å²) in [7, 11) is -3.72. The molecule has 2 aliphatic rings. The van der Waals surface area contributed by atoms with Crippen molar-refractivity contribution in [2.75, 3.05) is 38.2 Å². The molecule has 16 heteroatoms. The summed E-state index contributed by atoms with van der Waals surface area (Å²) in [5.74, 6) is -0.245. The molecule has 3 aromatic carbocycles. The Labute approximate surface area is 327 Å². The zero-order chi connectivity index (χ0) is 39.9. The number of morpholine rings is 1. The highest BCUT2D eigenvalue weighted by atomic mass is 32.2. The van der Waals surface area contributed by atoms with Gasteiger partial charge in [-0.2, -0.15) is 9.52 Å². The van der Waals surface area contributed by atoms with E-state index in [-0.39, 0.29) is 35.0 Å². The first-order chi connectivity index (χ1) is 26.7. The van der Waals surface area contributed by atoms with Crippen molar-refractivity contribution in [1.82, 2.24) is 35.6 Å². The lowest BCUT2D eigenvalue weighted by molar-refractivity contribution is -0.130. The van der Waals surface area contributed by atoms with E-state index in [0.717, 1.165) is 35.1 Å². The number of carbonyl (C=O) groups excluding carboxylic acids is 3. The first-order valence-corrected chi connectivity index (χ1v) is 20.4. The Kier molecular flexibility index (Phi) is 12.8. The van der Waals surface area contributed by atoms with Gasteiger partial charge < -0.3 is 25.4 Å². The van der Waals surface area contributed by atoms with Crippen LogP contribution >= 0.6 is 0 Å². The molecule has 0 radical (unpaired) electrons. The summed E-state index contributed by atoms with van der Waals surface area (Å²) in [6.07, 6.45) is 2.47. The molecule has 0 unspecified atom stereocenters. The number of aromatic amines is 1. The summed E-state index contributed by atoms with van der Waals surface area (Å²) >= 11 is 0. The van der Waals surface area contributed by atoms with Crippen molar-refractivity contribution < 1.29 is 32.3 Å². The molecule has 2 heterocycles. The van der Waals surface area contributed by atoms with Crippen LogP contribution in [-0.4, -0.2) is 95.7 Å². The van der Waals surface area contributed by atoms with Crippen LogP contribution in [0.5, 0.6) is 0 Å². The third-order valence-electron chi connectivity index (χ3n) is 10.0. The van der Waals surface area contributed by atoms with Crippen LogP contribution in [0.3, 0.4) is 0 Å². The second kappa shape index (κ2) is 17.7. The van der Waals surface area contributed by atoms with Crippen LogP contribution in [-0.2, 0) is 35.5 Å². The number of anilines is 1. The molecule has 1 aliphatic heterocycles. The van der Waals surface area contributed by atoms with Gasteiger partial charge in [-0.15, -0.1) is 10.2 Å². The number of amides is 3. The van der Waals surface area contributed by atoms with E-state index >= 15 is 0 Å². The number of hydrogen-bond donors (Lipinski definition) is 4. The van der Waals surface area contributed by atoms with Gasteiger partial charge >= 0.3 is 6.09 Å². The number of nitrogens with zero attached hydrogens (tertiary/aromatic N) is 4. The molecule has 0 bridgehead atoms. The molecule has 1 saturated carbocycles. The van der Waals surface area contributed by atoms with E-state index in [1.807, 2.05) is 52.0 Å². The molecular weight excluding hydrogens is 737 g/mol. The molecule has 6 rings (SSSR count). The zero-order valence-corrected chi connectivity index (χ0v) is 33.0. The number of H-pyrrole nitrogens is 1. The fraction of sp³-hybridized carbons (Fsp3) is 0.450. The van der Waals surface area contributed by atoms with Crippen LogP contribution < -0.4 is 16.0 Å². The standard InChI is InChI=1S/C40H50N8O7S/c1-26-8-17-33(56(52,53)48-18-20-54-21-19-48)24-34(26)31-7-5-6-28(22-31)23-35(38(50)42-32-15-13-29(14-16-32)36-44-46-47-45-36)43-37(49)30-11-9-27(10-12-30)25-41-39(51)55-40(2,3)4/h5-8,13-17,22,24,27,30,35H,9-12,18-21,23,25H2,1-4H3,(H,41,51)(H,42,50)(H,43,49)(H,44,45,46,47)/t27?,30?,35-/m0/s1. The average molecular weight is 787 g/mol. The summed E-state index contributed by atoms with van der Waals surface area (Å²) in [4.78, 5) is 40.1. The van der Waals surface area contributed by atoms with E-state index in [1.54, 1.807) is 42.5 Å². The van der Waals surface area contributed by atoms with Gasteiger partial charge in [-0.3, -0.25) is 9.59 Å². The maximum Gasteiger partial charge on any atom is 0.407 e. The van der Waals surface area contributed by atoms with Gasteiger partial charge in [-0.1, -0.05) is 30.3 Å². The second-order valence-corrected chi connectivity index (χ2v) is 17.3. The van der Waals surface area contributed by atoms with Crippen LogP contribution in [0.25, 0.3) is 22.5 Å². The quantitative estimate of drug-likeness (QED) is 0.154. The van der Waals surface area contributed by atoms with Crippen molar-refractivity contribution in [1.29, 1.82) is 0 Å². The van der Waals surface area contributed by atoms with Crippen molar-refractivity contribution in [3.63, 3.8) is 0 Å². The number of alkyl carbamates (subject to hydrolysis) is 1. The molecule has 298 valence electrons. The highest BCUT2D eigenvalue weighted by Gasteiger charge is 2.31. The summed E-state index contributed by atoms with van der Waals surface area (Å²) in [5, 5.41) is 22.9. The van der Waals surface area contributed by atoms with E-state index in [0.29, 0.717) is 62.8 Å². The molecule has 4 aromatic rings. The first-order valence-electron chi connectivity index (χ1n) is 18.9. The Morgan fingerprint density at radius 1 is 0.964 bits per heavy atom. The van der Waals surface area contributed by atoms with E-state index in [2.05, 4.69) is 36.6 Å². The van der Waals surface area contributed by atoms with Crippen LogP contribution in [0.15, 0.2) is 71.6 Å². The summed E-state index contributed by atoms with van der Waals surface area (Å²) in [6.45, 7) is 9.14. The Balaban J connectivity index is 1.17. The maximum absolute atomic E-state index is 14.0. The molecule has 15 nitrogen and oxygen atoms in total. The summed E-state index contributed by atoms with van der Waals surface area (Å²) in [6, 6.07) is 18.8. The Hall–Kier alpha value is -5.19. The predicted molar refractivity (Wildman–Crippen MR) is 210 cm³/mol. The van der Waals surface area contributed by atoms with Crippen LogP contribution in [0.4, 0.5) is 10.5 Å². The lowest BCUT2D eigenvalue weighted by Crippen LogP contribution is -2.48. The minimum atomic E-state index is -3.72. The highest BCUT2D eigenvalue weighted by molar-refractivity contribution is 7.89. The first kappa shape index (κ1) is 40.5. The SMILES string of the molecule is Cc1ccc(S(=O)(=O)N2CCOCC2)cc1-c1cccc(C[C@H](NC(=O)C2CCC(CNC(=O)OC(C)(C)C)CC2)C(=O)Nc2ccc(-c3nn[nH]n3)cc2)c1. The number of nitrogens with one attached hydrogen (secondary N) is 4. The number of aromatic nitrogens is 4. The molecule has 56 heavy (non-hydrogen) atoms. The van der Waals surface area contributed by atoms with Gasteiger partial charge in [-0.25, -0.2) is 13.2 Å². The van der Waals surface area contributed by atoms with Crippen LogP contribution in [0.1, 0.15) is 57.6 Å². The largest absolute Gasteiger partial charge is 0.444 e. The average Bonchev–Trinajstić information content (AvgIpc) is 3.73. The van der Waals surface area contributed by atoms with Gasteiger partial charge in [0.05, 0.1) is 18.1 Å². The minimum Gasteiger partial charge on any atom is -0.444 e. The number of aryl methyl sites for hydroxylation is 1. The maximum atomic E-state index is 14.0. The molecule has 1 aliphatic carbocycles. The molecule has 2 fully saturated rings. The number of hydrogen-bond acceptors (Lipinski definition) is 10. The third kappa shape index (κ3) is 10.6. The smallest absolute Gasteiger partial charge is 0.407 e. The molecule has 3 amide bonds. The Morgan fingerprint density at radius 3 is 2.38 bits per heavy atom. The van der Waals surface area contributed by atoms with Crippen molar-refractivity contribution in [3.05, 3.63) is 77.9 Å². The second-order valence-electron chi connectivity index (χ2n) is 15.4. The van der Waals surface area contributed by atoms with Crippen molar-refractivity contribution in [2.24, 2.45) is 11.8 Å². The van der Waals surface area contributed by atoms with Gasteiger partial charge in [0.25, 0.3) is 0 Å². The molecule has 1 atom stereocenters. The third-order valence-corrected chi connectivity index (χ3v) is 11.9. The predicted octanol–water partition coefficient (Wildman–Crippen LogP) is 4.86. The molecular formula is C40H50N8O7S. The molecule has 0 spiro atoms. The number of rotatable bonds is 12. The Bertz CT molecular complexity index is 2090. The molecule has 4 N–H and O–H groups in total. The Morgan fingerprint density at radius 2 is 1.70 bits per heavy atom. The van der Waals surface area contributed by atoms with Gasteiger partial charge in [-0.05, 0) is 123 Å². The summed E-state index contributed by atoms with van der Waals surface area (Å²) in [5.41, 5.74) is 3.89. The van der Waals surface area contributed by atoms with Gasteiger partial charge in [0.15, 0.2) is 0 Å². The van der Waals surface area contributed by atoms with Crippen LogP contribution in [0, 0.1) is 18.8 Å². The van der Waals surface area contributed by atoms with E-state index < -0.39 is 27.8 Å². The normalized spacial score (nSPS) is 18.4. The van der Waals surface area contributed by atoms with E-state index in [4.69, 9.17) is 9.47 Å². The monoisotopic (exact) mass is 786 g/mol. The van der Waals surface area contributed by atoms with Crippen molar-refractivity contribution in [2.45, 2.75) is 76.3 Å². The molecule has 1 saturated heterocycles. The van der Waals surface area contributed by atoms with Crippen molar-refractivity contribution >= 4 is 33.6 Å². The topological polar surface area (TPSA) is 198 Å². The fourth-order valence-corrected chi connectivity index (χ4v) is 8.43. The fourth-order valence-electron chi connectivity index (χ4n) is 7.00. The minimum absolute atomic E-state index is 0.187. The molecule has 1 aromatic heterocycles. The van der Waals surface area contributed by atoms with E-state index in [1.165, 1.54) is 4.31 Å². The number of tetrazole rings is 1. The number of carbonyl (C=O) groups is 3. The van der Waals surface area contributed by atoms with Crippen molar-refractivity contribution in [3.8, 4) is 22.5 Å². The number of sulfonamides is 1. The lowest BCUT2D eigenvalue weighted by Gasteiger charge is -2.29. The van der Waals surface area contributed by atoms with E-state index in [9.17, 15) is 22.8 Å². The van der Waals surface area contributed by atoms with Gasteiger partial charge in [0.1, 0.15) is 11.6 Å². The highest BCUT2D eigenvalue weighted by Crippen LogP contribution is 2.31. The van der Waals surface area contributed by atoms with Crippen LogP contribution in [0.2, 0.25) is 0 Å². The summed E-state index contributed by atoms with van der Waals surface area (Å²) < 4.78 is 39.2.